The molecule has 2 heterocycles. The van der Waals surface area contributed by atoms with Gasteiger partial charge in [0.2, 0.25) is 0 Å². The van der Waals surface area contributed by atoms with E-state index in [1.165, 1.54) is 12.1 Å². The second kappa shape index (κ2) is 8.99. The number of aromatic nitrogens is 3. The number of carbonyl (C=O) groups excluding carboxylic acids is 1. The first kappa shape index (κ1) is 25.3. The Hall–Kier alpha value is -2.83. The van der Waals surface area contributed by atoms with Crippen LogP contribution in [-0.4, -0.2) is 20.5 Å². The van der Waals surface area contributed by atoms with Gasteiger partial charge in [-0.1, -0.05) is 51.3 Å². The van der Waals surface area contributed by atoms with Gasteiger partial charge in [-0.05, 0) is 36.4 Å². The first-order valence-electron chi connectivity index (χ1n) is 9.36. The third kappa shape index (κ3) is 5.09. The predicted molar refractivity (Wildman–Crippen MR) is 121 cm³/mol. The molecule has 4 aromatic rings. The minimum atomic E-state index is -4.90. The van der Waals surface area contributed by atoms with Gasteiger partial charge in [-0.25, -0.2) is 9.50 Å². The molecule has 0 atom stereocenters. The zero-order chi connectivity index (χ0) is 25.7. The van der Waals surface area contributed by atoms with E-state index in [1.54, 1.807) is 12.1 Å². The van der Waals surface area contributed by atoms with Crippen molar-refractivity contribution in [2.75, 3.05) is 5.32 Å². The molecule has 4 rings (SSSR count). The lowest BCUT2D eigenvalue weighted by Gasteiger charge is -2.11. The van der Waals surface area contributed by atoms with Crippen molar-refractivity contribution < 1.29 is 31.1 Å². The van der Waals surface area contributed by atoms with E-state index in [2.05, 4.69) is 31.3 Å². The Morgan fingerprint density at radius 1 is 0.943 bits per heavy atom. The topological polar surface area (TPSA) is 59.3 Å². The van der Waals surface area contributed by atoms with Crippen LogP contribution in [0.4, 0.5) is 32.0 Å². The summed E-state index contributed by atoms with van der Waals surface area (Å²) in [6.07, 6.45) is -9.63. The number of nitrogens with zero attached hydrogens (tertiary/aromatic N) is 3. The van der Waals surface area contributed by atoms with Crippen LogP contribution in [0.3, 0.4) is 0 Å². The molecule has 35 heavy (non-hydrogen) atoms. The van der Waals surface area contributed by atoms with Crippen molar-refractivity contribution in [3.8, 4) is 11.3 Å². The number of hydrogen-bond donors (Lipinski definition) is 1. The molecule has 0 radical (unpaired) electrons. The van der Waals surface area contributed by atoms with Crippen molar-refractivity contribution in [3.05, 3.63) is 80.0 Å². The first-order chi connectivity index (χ1) is 16.3. The van der Waals surface area contributed by atoms with Gasteiger partial charge in [0.1, 0.15) is 5.02 Å². The molecule has 0 spiro atoms. The first-order valence-corrected chi connectivity index (χ1v) is 10.9. The zero-order valence-corrected chi connectivity index (χ0v) is 19.9. The maximum absolute atomic E-state index is 13.8. The van der Waals surface area contributed by atoms with E-state index in [0.717, 1.165) is 12.1 Å². The highest BCUT2D eigenvalue weighted by molar-refractivity contribution is 9.10. The lowest BCUT2D eigenvalue weighted by molar-refractivity contribution is -0.142. The molecule has 182 valence electrons. The summed E-state index contributed by atoms with van der Waals surface area (Å²) in [5, 5.41) is 4.98. The van der Waals surface area contributed by atoms with Crippen molar-refractivity contribution >= 4 is 56.4 Å². The van der Waals surface area contributed by atoms with Crippen LogP contribution in [0.2, 0.25) is 10.0 Å². The van der Waals surface area contributed by atoms with Crippen LogP contribution in [0.5, 0.6) is 0 Å². The number of rotatable bonds is 3. The largest absolute Gasteiger partial charge is 0.433 e. The van der Waals surface area contributed by atoms with Crippen molar-refractivity contribution in [1.29, 1.82) is 0 Å². The third-order valence-electron chi connectivity index (χ3n) is 4.72. The molecule has 1 N–H and O–H groups in total. The number of benzene rings is 2. The van der Waals surface area contributed by atoms with Gasteiger partial charge >= 0.3 is 12.4 Å². The van der Waals surface area contributed by atoms with Crippen LogP contribution < -0.4 is 5.32 Å². The second-order valence-corrected chi connectivity index (χ2v) is 8.78. The number of amides is 1. The molecular weight excluding hydrogens is 589 g/mol. The van der Waals surface area contributed by atoms with Crippen LogP contribution in [0.1, 0.15) is 21.7 Å². The number of halogens is 9. The Morgan fingerprint density at radius 2 is 1.60 bits per heavy atom. The quantitative estimate of drug-likeness (QED) is 0.246. The molecule has 2 aromatic heterocycles. The molecule has 0 aliphatic rings. The molecule has 0 saturated carbocycles. The lowest BCUT2D eigenvalue weighted by Crippen LogP contribution is -2.16. The lowest BCUT2D eigenvalue weighted by atomic mass is 10.1. The number of anilines is 1. The Balaban J connectivity index is 1.82. The molecule has 0 aliphatic heterocycles. The van der Waals surface area contributed by atoms with Gasteiger partial charge in [-0.3, -0.25) is 4.79 Å². The molecule has 1 amide bonds. The van der Waals surface area contributed by atoms with E-state index in [0.29, 0.717) is 26.7 Å². The van der Waals surface area contributed by atoms with Crippen molar-refractivity contribution in [2.24, 2.45) is 0 Å². The zero-order valence-electron chi connectivity index (χ0n) is 16.8. The normalized spacial score (nSPS) is 12.3. The standard InChI is InChI=1S/C21H9BrCl2F6N4O/c22-11-4-1-9(2-5-11)13-8-15(21(28,29)30)34-18(31-13)16(24)17(33-34)19(35)32-14-7-10(20(25,26)27)3-6-12(14)23/h1-8H,(H,32,35). The molecule has 0 fully saturated rings. The number of alkyl halides is 6. The summed E-state index contributed by atoms with van der Waals surface area (Å²) < 4.78 is 81.5. The van der Waals surface area contributed by atoms with Crippen molar-refractivity contribution in [2.45, 2.75) is 12.4 Å². The summed E-state index contributed by atoms with van der Waals surface area (Å²) in [5.41, 5.74) is -3.71. The Bertz CT molecular complexity index is 1450. The van der Waals surface area contributed by atoms with E-state index in [4.69, 9.17) is 23.2 Å². The van der Waals surface area contributed by atoms with E-state index in [-0.39, 0.29) is 10.7 Å². The molecule has 0 unspecified atom stereocenters. The summed E-state index contributed by atoms with van der Waals surface area (Å²) in [7, 11) is 0. The third-order valence-corrected chi connectivity index (χ3v) is 5.93. The maximum Gasteiger partial charge on any atom is 0.433 e. The van der Waals surface area contributed by atoms with Gasteiger partial charge in [0.05, 0.1) is 22.0 Å². The summed E-state index contributed by atoms with van der Waals surface area (Å²) in [5.74, 6) is -1.18. The highest BCUT2D eigenvalue weighted by atomic mass is 79.9. The van der Waals surface area contributed by atoms with Crippen LogP contribution in [0.15, 0.2) is 53.0 Å². The van der Waals surface area contributed by atoms with E-state index in [1.807, 2.05) is 0 Å². The smallest absolute Gasteiger partial charge is 0.319 e. The van der Waals surface area contributed by atoms with Crippen LogP contribution in [0, 0.1) is 0 Å². The molecule has 0 bridgehead atoms. The fourth-order valence-corrected chi connectivity index (χ4v) is 3.76. The summed E-state index contributed by atoms with van der Waals surface area (Å²) in [6, 6.07) is 9.19. The number of hydrogen-bond acceptors (Lipinski definition) is 3. The fraction of sp³-hybridized carbons (Fsp3) is 0.0952. The van der Waals surface area contributed by atoms with Gasteiger partial charge in [-0.2, -0.15) is 31.4 Å². The van der Waals surface area contributed by atoms with Crippen LogP contribution in [0.25, 0.3) is 16.9 Å². The summed E-state index contributed by atoms with van der Waals surface area (Å²) in [4.78, 5) is 16.9. The van der Waals surface area contributed by atoms with Crippen molar-refractivity contribution in [3.63, 3.8) is 0 Å². The summed E-state index contributed by atoms with van der Waals surface area (Å²) >= 11 is 15.3. The van der Waals surface area contributed by atoms with Crippen molar-refractivity contribution in [1.82, 2.24) is 14.6 Å². The van der Waals surface area contributed by atoms with Gasteiger partial charge in [0, 0.05) is 10.0 Å². The van der Waals surface area contributed by atoms with Gasteiger partial charge in [0.25, 0.3) is 5.91 Å². The molecule has 5 nitrogen and oxygen atoms in total. The highest BCUT2D eigenvalue weighted by Crippen LogP contribution is 2.36. The SMILES string of the molecule is O=C(Nc1cc(C(F)(F)F)ccc1Cl)c1nn2c(C(F)(F)F)cc(-c3ccc(Br)cc3)nc2c1Cl. The average Bonchev–Trinajstić information content (AvgIpc) is 3.10. The van der Waals surface area contributed by atoms with E-state index < -0.39 is 51.6 Å². The fourth-order valence-electron chi connectivity index (χ4n) is 3.09. The average molecular weight is 598 g/mol. The Labute approximate surface area is 210 Å². The molecular formula is C21H9BrCl2F6N4O. The Morgan fingerprint density at radius 3 is 2.20 bits per heavy atom. The van der Waals surface area contributed by atoms with Gasteiger partial charge < -0.3 is 5.32 Å². The highest BCUT2D eigenvalue weighted by Gasteiger charge is 2.37. The molecule has 14 heteroatoms. The molecule has 0 aliphatic carbocycles. The summed E-state index contributed by atoms with van der Waals surface area (Å²) in [6.45, 7) is 0. The minimum absolute atomic E-state index is 0.0907. The molecule has 2 aromatic carbocycles. The minimum Gasteiger partial charge on any atom is -0.319 e. The van der Waals surface area contributed by atoms with Gasteiger partial charge in [0.15, 0.2) is 17.0 Å². The number of fused-ring (bicyclic) bond motifs is 1. The Kier molecular flexibility index (Phi) is 6.49. The van der Waals surface area contributed by atoms with Crippen LogP contribution in [-0.2, 0) is 12.4 Å². The van der Waals surface area contributed by atoms with E-state index in [9.17, 15) is 31.1 Å². The van der Waals surface area contributed by atoms with Gasteiger partial charge in [-0.15, -0.1) is 0 Å². The second-order valence-electron chi connectivity index (χ2n) is 7.08. The number of nitrogens with one attached hydrogen (secondary N) is 1. The van der Waals surface area contributed by atoms with Crippen LogP contribution >= 0.6 is 39.1 Å². The monoisotopic (exact) mass is 596 g/mol. The molecule has 0 saturated heterocycles. The maximum atomic E-state index is 13.8. The number of carbonyl (C=O) groups is 1. The van der Waals surface area contributed by atoms with E-state index >= 15 is 0 Å². The predicted octanol–water partition coefficient (Wildman–Crippen LogP) is 7.76.